The van der Waals surface area contributed by atoms with Gasteiger partial charge in [0.05, 0.1) is 27.8 Å². The summed E-state index contributed by atoms with van der Waals surface area (Å²) in [6.07, 6.45) is 7.68. The number of carboxylic acid groups (broad SMARTS) is 1. The molecule has 29 heavy (non-hydrogen) atoms. The molecule has 0 saturated carbocycles. The maximum absolute atomic E-state index is 10.8. The van der Waals surface area contributed by atoms with E-state index in [9.17, 15) is 4.79 Å². The fourth-order valence-corrected chi connectivity index (χ4v) is 4.66. The predicted molar refractivity (Wildman–Crippen MR) is 121 cm³/mol. The van der Waals surface area contributed by atoms with Crippen molar-refractivity contribution >= 4 is 41.1 Å². The monoisotopic (exact) mass is 430 g/mol. The van der Waals surface area contributed by atoms with Crippen LogP contribution in [0.2, 0.25) is 0 Å². The van der Waals surface area contributed by atoms with Crippen LogP contribution in [0, 0.1) is 0 Å². The molecule has 154 valence electrons. The van der Waals surface area contributed by atoms with Gasteiger partial charge in [-0.15, -0.1) is 11.8 Å². The minimum atomic E-state index is -1.03. The van der Waals surface area contributed by atoms with Crippen molar-refractivity contribution in [3.8, 4) is 5.75 Å². The molecule has 0 saturated heterocycles. The van der Waals surface area contributed by atoms with Crippen molar-refractivity contribution in [3.05, 3.63) is 54.8 Å². The molecule has 1 aliphatic rings. The number of para-hydroxylation sites is 1. The van der Waals surface area contributed by atoms with E-state index in [4.69, 9.17) is 9.84 Å². The van der Waals surface area contributed by atoms with E-state index < -0.39 is 5.97 Å². The number of nitrogens with one attached hydrogen (secondary N) is 1. The summed E-state index contributed by atoms with van der Waals surface area (Å²) >= 11 is 3.20. The zero-order valence-electron chi connectivity index (χ0n) is 16.6. The zero-order chi connectivity index (χ0) is 20.6. The molecule has 1 heterocycles. The Balaban J connectivity index is 1.99. The number of unbranched alkanes of at least 4 members (excludes halogenated alkanes) is 1. The van der Waals surface area contributed by atoms with Crippen LogP contribution in [0.15, 0.2) is 64.6 Å². The molecule has 0 fully saturated rings. The van der Waals surface area contributed by atoms with Crippen molar-refractivity contribution in [1.29, 1.82) is 0 Å². The van der Waals surface area contributed by atoms with Crippen molar-refractivity contribution in [2.75, 3.05) is 17.7 Å². The molecule has 0 aliphatic carbocycles. The van der Waals surface area contributed by atoms with Crippen LogP contribution in [0.3, 0.4) is 0 Å². The third kappa shape index (κ3) is 5.72. The number of fused-ring (bicyclic) bond motifs is 1. The molecule has 3 rings (SSSR count). The van der Waals surface area contributed by atoms with Crippen LogP contribution < -0.4 is 14.4 Å². The number of anilines is 2. The summed E-state index contributed by atoms with van der Waals surface area (Å²) in [5.41, 5.74) is 2.29. The molecular weight excluding hydrogens is 404 g/mol. The topological polar surface area (TPSA) is 61.8 Å². The molecule has 1 unspecified atom stereocenters. The Morgan fingerprint density at radius 3 is 2.86 bits per heavy atom. The third-order valence-corrected chi connectivity index (χ3v) is 6.41. The fraction of sp³-hybridized carbons (Fsp3) is 0.318. The summed E-state index contributed by atoms with van der Waals surface area (Å²) in [4.78, 5) is 15.1. The average Bonchev–Trinajstić information content (AvgIpc) is 2.91. The quantitative estimate of drug-likeness (QED) is 0.241. The minimum Gasteiger partial charge on any atom is -0.478 e. The van der Waals surface area contributed by atoms with Crippen molar-refractivity contribution in [3.63, 3.8) is 0 Å². The second-order valence-corrected chi connectivity index (χ2v) is 8.46. The highest BCUT2D eigenvalue weighted by molar-refractivity contribution is 7.98. The van der Waals surface area contributed by atoms with Gasteiger partial charge in [-0.05, 0) is 48.9 Å². The Hall–Kier alpha value is -2.09. The number of ether oxygens (including phenoxy) is 1. The summed E-state index contributed by atoms with van der Waals surface area (Å²) < 4.78 is 9.25. The van der Waals surface area contributed by atoms with Gasteiger partial charge in [0.1, 0.15) is 5.75 Å². The summed E-state index contributed by atoms with van der Waals surface area (Å²) in [5.74, 6) is -0.376. The SMILES string of the molecule is CCCCC1CN(c2ccccc2)c2cc(SC)c(O/C=C/C(=O)O)cc2SN1. The van der Waals surface area contributed by atoms with Gasteiger partial charge in [-0.1, -0.05) is 38.0 Å². The number of thioether (sulfide) groups is 1. The molecular formula is C22H26N2O3S2. The van der Waals surface area contributed by atoms with Gasteiger partial charge in [-0.25, -0.2) is 4.79 Å². The van der Waals surface area contributed by atoms with Gasteiger partial charge in [0.15, 0.2) is 0 Å². The maximum Gasteiger partial charge on any atom is 0.331 e. The van der Waals surface area contributed by atoms with Gasteiger partial charge >= 0.3 is 5.97 Å². The van der Waals surface area contributed by atoms with E-state index in [1.807, 2.05) is 18.4 Å². The van der Waals surface area contributed by atoms with Crippen molar-refractivity contribution in [2.24, 2.45) is 0 Å². The normalized spacial score (nSPS) is 16.5. The van der Waals surface area contributed by atoms with Crippen LogP contribution in [0.5, 0.6) is 5.75 Å². The number of hydrogen-bond acceptors (Lipinski definition) is 6. The summed E-state index contributed by atoms with van der Waals surface area (Å²) in [6.45, 7) is 3.10. The van der Waals surface area contributed by atoms with E-state index in [0.717, 1.165) is 40.2 Å². The summed E-state index contributed by atoms with van der Waals surface area (Å²) in [6, 6.07) is 14.9. The van der Waals surface area contributed by atoms with Crippen molar-refractivity contribution in [1.82, 2.24) is 4.72 Å². The lowest BCUT2D eigenvalue weighted by Crippen LogP contribution is -2.34. The predicted octanol–water partition coefficient (Wildman–Crippen LogP) is 5.69. The molecule has 2 aromatic carbocycles. The second kappa shape index (κ2) is 10.6. The van der Waals surface area contributed by atoms with Gasteiger partial charge < -0.3 is 14.7 Å². The van der Waals surface area contributed by atoms with Gasteiger partial charge in [-0.2, -0.15) is 0 Å². The lowest BCUT2D eigenvalue weighted by molar-refractivity contribution is -0.131. The van der Waals surface area contributed by atoms with Gasteiger partial charge in [0.25, 0.3) is 0 Å². The fourth-order valence-electron chi connectivity index (χ4n) is 3.20. The Morgan fingerprint density at radius 1 is 1.38 bits per heavy atom. The molecule has 0 bridgehead atoms. The molecule has 5 nitrogen and oxygen atoms in total. The lowest BCUT2D eigenvalue weighted by Gasteiger charge is -2.28. The first-order valence-corrected chi connectivity index (χ1v) is 11.7. The highest BCUT2D eigenvalue weighted by Crippen LogP contribution is 2.43. The molecule has 7 heteroatoms. The number of hydrogen-bond donors (Lipinski definition) is 2. The Kier molecular flexibility index (Phi) is 7.91. The van der Waals surface area contributed by atoms with Crippen LogP contribution >= 0.6 is 23.7 Å². The Morgan fingerprint density at radius 2 is 2.17 bits per heavy atom. The van der Waals surface area contributed by atoms with E-state index >= 15 is 0 Å². The van der Waals surface area contributed by atoms with Gasteiger partial charge in [0, 0.05) is 18.3 Å². The van der Waals surface area contributed by atoms with E-state index in [2.05, 4.69) is 46.9 Å². The standard InChI is InChI=1S/C22H26N2O3S2/c1-3-4-8-16-15-24(17-9-6-5-7-10-17)18-13-21(28-2)19(14-20(18)29-23-16)27-12-11-22(25)26/h5-7,9-14,16,23H,3-4,8,15H2,1-2H3,(H,25,26)/b12-11+. The lowest BCUT2D eigenvalue weighted by atomic mass is 10.1. The first-order chi connectivity index (χ1) is 14.1. The Bertz CT molecular complexity index is 859. The van der Waals surface area contributed by atoms with Gasteiger partial charge in [0.2, 0.25) is 0 Å². The van der Waals surface area contributed by atoms with Crippen LogP contribution in [0.25, 0.3) is 0 Å². The number of carbonyl (C=O) groups is 1. The van der Waals surface area contributed by atoms with Crippen LogP contribution in [0.1, 0.15) is 26.2 Å². The average molecular weight is 431 g/mol. The first kappa shape index (κ1) is 21.6. The highest BCUT2D eigenvalue weighted by atomic mass is 32.2. The number of aliphatic carboxylic acids is 1. The minimum absolute atomic E-state index is 0.363. The number of rotatable bonds is 8. The smallest absolute Gasteiger partial charge is 0.331 e. The van der Waals surface area contributed by atoms with Crippen LogP contribution in [-0.2, 0) is 4.79 Å². The number of nitrogens with zero attached hydrogens (tertiary/aromatic N) is 1. The van der Waals surface area contributed by atoms with E-state index in [-0.39, 0.29) is 0 Å². The third-order valence-electron chi connectivity index (χ3n) is 4.65. The molecule has 0 radical (unpaired) electrons. The molecule has 1 atom stereocenters. The van der Waals surface area contributed by atoms with E-state index in [1.54, 1.807) is 23.7 Å². The van der Waals surface area contributed by atoms with Crippen molar-refractivity contribution in [2.45, 2.75) is 42.0 Å². The molecule has 0 amide bonds. The Labute approximate surface area is 180 Å². The second-order valence-electron chi connectivity index (χ2n) is 6.73. The van der Waals surface area contributed by atoms with Gasteiger partial charge in [-0.3, -0.25) is 4.72 Å². The molecule has 2 N–H and O–H groups in total. The highest BCUT2D eigenvalue weighted by Gasteiger charge is 2.25. The largest absolute Gasteiger partial charge is 0.478 e. The first-order valence-electron chi connectivity index (χ1n) is 9.65. The zero-order valence-corrected chi connectivity index (χ0v) is 18.3. The van der Waals surface area contributed by atoms with E-state index in [0.29, 0.717) is 11.8 Å². The molecule has 2 aromatic rings. The summed E-state index contributed by atoms with van der Waals surface area (Å²) in [5, 5.41) is 8.82. The van der Waals surface area contributed by atoms with E-state index in [1.165, 1.54) is 19.1 Å². The van der Waals surface area contributed by atoms with Crippen LogP contribution in [-0.4, -0.2) is 29.9 Å². The number of carboxylic acids is 1. The molecule has 1 aliphatic heterocycles. The van der Waals surface area contributed by atoms with Crippen molar-refractivity contribution < 1.29 is 14.6 Å². The maximum atomic E-state index is 10.8. The number of benzene rings is 2. The molecule has 0 aromatic heterocycles. The molecule has 0 spiro atoms. The summed E-state index contributed by atoms with van der Waals surface area (Å²) in [7, 11) is 0. The van der Waals surface area contributed by atoms with Crippen LogP contribution in [0.4, 0.5) is 11.4 Å².